The van der Waals surface area contributed by atoms with Gasteiger partial charge in [0.05, 0.1) is 16.8 Å². The number of rotatable bonds is 4. The molecule has 2 aliphatic rings. The Labute approximate surface area is 164 Å². The van der Waals surface area contributed by atoms with Crippen LogP contribution in [0.2, 0.25) is 0 Å². The third-order valence-electron chi connectivity index (χ3n) is 4.63. The van der Waals surface area contributed by atoms with Gasteiger partial charge in [0.15, 0.2) is 11.5 Å². The van der Waals surface area contributed by atoms with Crippen LogP contribution in [0.15, 0.2) is 41.3 Å². The lowest BCUT2D eigenvalue weighted by molar-refractivity contribution is 0.171. The molecule has 150 valence electrons. The molecule has 28 heavy (non-hydrogen) atoms. The second-order valence-electron chi connectivity index (χ2n) is 6.69. The Morgan fingerprint density at radius 1 is 0.964 bits per heavy atom. The first-order valence-corrected chi connectivity index (χ1v) is 12.1. The maximum atomic E-state index is 12.8. The van der Waals surface area contributed by atoms with Crippen molar-refractivity contribution in [2.24, 2.45) is 0 Å². The van der Waals surface area contributed by atoms with Gasteiger partial charge in [-0.3, -0.25) is 9.03 Å². The van der Waals surface area contributed by atoms with Gasteiger partial charge in [-0.2, -0.15) is 0 Å². The van der Waals surface area contributed by atoms with Crippen LogP contribution in [0.5, 0.6) is 11.5 Å². The van der Waals surface area contributed by atoms with E-state index < -0.39 is 20.0 Å². The molecule has 4 rings (SSSR count). The number of nitrogens with zero attached hydrogens (tertiary/aromatic N) is 1. The van der Waals surface area contributed by atoms with Crippen molar-refractivity contribution in [1.29, 1.82) is 0 Å². The van der Waals surface area contributed by atoms with Gasteiger partial charge in [0.25, 0.3) is 10.0 Å². The zero-order valence-electron chi connectivity index (χ0n) is 15.2. The van der Waals surface area contributed by atoms with E-state index in [1.807, 2.05) is 0 Å². The summed E-state index contributed by atoms with van der Waals surface area (Å²) in [5.41, 5.74) is 1.76. The molecule has 2 aromatic rings. The van der Waals surface area contributed by atoms with Gasteiger partial charge in [0, 0.05) is 18.3 Å². The molecule has 0 bridgehead atoms. The first kappa shape index (κ1) is 18.9. The number of ether oxygens (including phenoxy) is 2. The number of nitrogens with one attached hydrogen (secondary N) is 1. The highest BCUT2D eigenvalue weighted by Gasteiger charge is 2.25. The van der Waals surface area contributed by atoms with Crippen LogP contribution in [0.1, 0.15) is 12.0 Å². The van der Waals surface area contributed by atoms with E-state index in [4.69, 9.17) is 9.47 Å². The summed E-state index contributed by atoms with van der Waals surface area (Å²) in [5, 5.41) is 0. The van der Waals surface area contributed by atoms with E-state index in [0.29, 0.717) is 55.5 Å². The smallest absolute Gasteiger partial charge is 0.262 e. The van der Waals surface area contributed by atoms with Crippen LogP contribution < -0.4 is 18.5 Å². The Kier molecular flexibility index (Phi) is 4.62. The Balaban J connectivity index is 1.62. The largest absolute Gasteiger partial charge is 0.486 e. The van der Waals surface area contributed by atoms with Gasteiger partial charge in [-0.15, -0.1) is 0 Å². The molecule has 1 N–H and O–H groups in total. The Morgan fingerprint density at radius 3 is 2.46 bits per heavy atom. The second kappa shape index (κ2) is 6.85. The lowest BCUT2D eigenvalue weighted by atomic mass is 10.0. The molecule has 0 aliphatic carbocycles. The van der Waals surface area contributed by atoms with Gasteiger partial charge >= 0.3 is 0 Å². The van der Waals surface area contributed by atoms with Crippen molar-refractivity contribution in [1.82, 2.24) is 0 Å². The highest BCUT2D eigenvalue weighted by molar-refractivity contribution is 7.92. The van der Waals surface area contributed by atoms with Gasteiger partial charge in [-0.05, 0) is 48.7 Å². The molecule has 2 aromatic carbocycles. The van der Waals surface area contributed by atoms with Crippen LogP contribution in [0, 0.1) is 0 Å². The Hall–Kier alpha value is -2.46. The normalized spacial score (nSPS) is 16.4. The third-order valence-corrected chi connectivity index (χ3v) is 7.19. The summed E-state index contributed by atoms with van der Waals surface area (Å²) in [5.74, 6) is 0.906. The number of sulfonamides is 2. The van der Waals surface area contributed by atoms with E-state index >= 15 is 0 Å². The van der Waals surface area contributed by atoms with Crippen molar-refractivity contribution in [2.45, 2.75) is 17.7 Å². The van der Waals surface area contributed by atoms with Gasteiger partial charge in [-0.25, -0.2) is 16.8 Å². The van der Waals surface area contributed by atoms with E-state index in [2.05, 4.69) is 4.72 Å². The van der Waals surface area contributed by atoms with Crippen molar-refractivity contribution in [3.05, 3.63) is 42.0 Å². The summed E-state index contributed by atoms with van der Waals surface area (Å²) in [6, 6.07) is 9.34. The monoisotopic (exact) mass is 424 g/mol. The Morgan fingerprint density at radius 2 is 1.71 bits per heavy atom. The molecule has 8 nitrogen and oxygen atoms in total. The molecule has 0 saturated carbocycles. The molecule has 0 radical (unpaired) electrons. The molecule has 0 fully saturated rings. The van der Waals surface area contributed by atoms with Gasteiger partial charge < -0.3 is 9.47 Å². The van der Waals surface area contributed by atoms with Crippen LogP contribution in [0.25, 0.3) is 0 Å². The topological polar surface area (TPSA) is 102 Å². The molecule has 10 heteroatoms. The minimum atomic E-state index is -3.83. The lowest BCUT2D eigenvalue weighted by Crippen LogP contribution is -2.34. The summed E-state index contributed by atoms with van der Waals surface area (Å²) in [7, 11) is -7.20. The molecule has 0 aromatic heterocycles. The summed E-state index contributed by atoms with van der Waals surface area (Å²) >= 11 is 0. The van der Waals surface area contributed by atoms with Gasteiger partial charge in [0.1, 0.15) is 13.2 Å². The van der Waals surface area contributed by atoms with Crippen molar-refractivity contribution >= 4 is 31.4 Å². The van der Waals surface area contributed by atoms with Crippen LogP contribution >= 0.6 is 0 Å². The van der Waals surface area contributed by atoms with Crippen LogP contribution in [-0.2, 0) is 26.5 Å². The first-order valence-electron chi connectivity index (χ1n) is 8.77. The number of hydrogen-bond acceptors (Lipinski definition) is 6. The van der Waals surface area contributed by atoms with Crippen LogP contribution in [0.3, 0.4) is 0 Å². The first-order chi connectivity index (χ1) is 13.2. The minimum absolute atomic E-state index is 0.0623. The highest BCUT2D eigenvalue weighted by Crippen LogP contribution is 2.34. The van der Waals surface area contributed by atoms with E-state index in [1.54, 1.807) is 24.3 Å². The molecule has 0 spiro atoms. The fraction of sp³-hybridized carbons (Fsp3) is 0.333. The molecule has 0 saturated heterocycles. The fourth-order valence-electron chi connectivity index (χ4n) is 3.38. The average molecular weight is 425 g/mol. The third kappa shape index (κ3) is 3.61. The van der Waals surface area contributed by atoms with E-state index in [1.165, 1.54) is 22.7 Å². The number of aryl methyl sites for hydroxylation is 1. The predicted molar refractivity (Wildman–Crippen MR) is 105 cm³/mol. The summed E-state index contributed by atoms with van der Waals surface area (Å²) < 4.78 is 64.2. The lowest BCUT2D eigenvalue weighted by Gasteiger charge is -2.29. The summed E-state index contributed by atoms with van der Waals surface area (Å²) in [4.78, 5) is 0.0623. The maximum absolute atomic E-state index is 12.8. The van der Waals surface area contributed by atoms with Gasteiger partial charge in [-0.1, -0.05) is 0 Å². The molecule has 0 atom stereocenters. The second-order valence-corrected chi connectivity index (χ2v) is 10.3. The van der Waals surface area contributed by atoms with Crippen molar-refractivity contribution in [2.75, 3.05) is 35.0 Å². The zero-order valence-corrected chi connectivity index (χ0v) is 16.8. The van der Waals surface area contributed by atoms with E-state index in [0.717, 1.165) is 5.56 Å². The van der Waals surface area contributed by atoms with Crippen LogP contribution in [-0.4, -0.2) is 42.8 Å². The van der Waals surface area contributed by atoms with Gasteiger partial charge in [0.2, 0.25) is 10.0 Å². The molecular formula is C18H20N2O6S2. The predicted octanol–water partition coefficient (Wildman–Crippen LogP) is 1.97. The van der Waals surface area contributed by atoms with Crippen molar-refractivity contribution < 1.29 is 26.3 Å². The molecule has 0 unspecified atom stereocenters. The standard InChI is InChI=1S/C18H20N2O6S2/c1-27(21,22)20-8-2-3-13-11-14(4-6-16(13)20)19-28(23,24)15-5-7-17-18(12-15)26-10-9-25-17/h4-7,11-12,19H,2-3,8-10H2,1H3. The quantitative estimate of drug-likeness (QED) is 0.805. The number of benzene rings is 2. The van der Waals surface area contributed by atoms with E-state index in [-0.39, 0.29) is 4.90 Å². The van der Waals surface area contributed by atoms with E-state index in [9.17, 15) is 16.8 Å². The molecule has 0 amide bonds. The highest BCUT2D eigenvalue weighted by atomic mass is 32.2. The maximum Gasteiger partial charge on any atom is 0.262 e. The molecule has 2 aliphatic heterocycles. The van der Waals surface area contributed by atoms with Crippen molar-refractivity contribution in [3.63, 3.8) is 0 Å². The minimum Gasteiger partial charge on any atom is -0.486 e. The van der Waals surface area contributed by atoms with Crippen LogP contribution in [0.4, 0.5) is 11.4 Å². The Bertz CT molecular complexity index is 1130. The number of fused-ring (bicyclic) bond motifs is 2. The molecule has 2 heterocycles. The summed E-state index contributed by atoms with van der Waals surface area (Å²) in [6.07, 6.45) is 2.53. The average Bonchev–Trinajstić information content (AvgIpc) is 2.66. The van der Waals surface area contributed by atoms with Crippen molar-refractivity contribution in [3.8, 4) is 11.5 Å². The molecular weight excluding hydrogens is 404 g/mol. The number of anilines is 2. The SMILES string of the molecule is CS(=O)(=O)N1CCCc2cc(NS(=O)(=O)c3ccc4c(c3)OCCO4)ccc21. The summed E-state index contributed by atoms with van der Waals surface area (Å²) in [6.45, 7) is 1.22. The fourth-order valence-corrected chi connectivity index (χ4v) is 5.44. The number of hydrogen-bond donors (Lipinski definition) is 1. The zero-order chi connectivity index (χ0) is 19.9.